The van der Waals surface area contributed by atoms with Crippen molar-refractivity contribution in [3.8, 4) is 0 Å². The summed E-state index contributed by atoms with van der Waals surface area (Å²) >= 11 is 0. The minimum Gasteiger partial charge on any atom is -0.467 e. The third kappa shape index (κ3) is 4.76. The number of benzene rings is 2. The second-order valence-electron chi connectivity index (χ2n) is 5.88. The first kappa shape index (κ1) is 19.6. The number of aliphatic hydroxyl groups excluding tert-OH is 1. The summed E-state index contributed by atoms with van der Waals surface area (Å²) in [5.41, 5.74) is 0.535. The van der Waals surface area contributed by atoms with E-state index >= 15 is 0 Å². The molecule has 1 atom stereocenters. The minimum atomic E-state index is -3.87. The number of anilines is 1. The molecule has 3 aromatic rings. The van der Waals surface area contributed by atoms with Crippen molar-refractivity contribution < 1.29 is 27.1 Å². The van der Waals surface area contributed by atoms with Crippen LogP contribution in [0.4, 0.5) is 10.1 Å². The van der Waals surface area contributed by atoms with Gasteiger partial charge in [0.15, 0.2) is 0 Å². The summed E-state index contributed by atoms with van der Waals surface area (Å²) in [6, 6.07) is 13.4. The number of hydrogen-bond donors (Lipinski definition) is 3. The largest absolute Gasteiger partial charge is 0.467 e. The molecule has 0 aliphatic heterocycles. The predicted octanol–water partition coefficient (Wildman–Crippen LogP) is 2.68. The second kappa shape index (κ2) is 8.24. The van der Waals surface area contributed by atoms with Gasteiger partial charge in [0.1, 0.15) is 17.7 Å². The lowest BCUT2D eigenvalue weighted by molar-refractivity contribution is 0.0901. The molecule has 0 fully saturated rings. The zero-order valence-electron chi connectivity index (χ0n) is 14.5. The summed E-state index contributed by atoms with van der Waals surface area (Å²) in [7, 11) is -3.87. The number of rotatable bonds is 7. The zero-order valence-corrected chi connectivity index (χ0v) is 15.3. The van der Waals surface area contributed by atoms with Gasteiger partial charge in [-0.05, 0) is 60.7 Å². The van der Waals surface area contributed by atoms with Gasteiger partial charge in [0.05, 0.1) is 17.7 Å². The molecule has 0 saturated carbocycles. The highest BCUT2D eigenvalue weighted by Gasteiger charge is 2.15. The van der Waals surface area contributed by atoms with Crippen molar-refractivity contribution in [3.63, 3.8) is 0 Å². The van der Waals surface area contributed by atoms with Crippen LogP contribution in [0.5, 0.6) is 0 Å². The van der Waals surface area contributed by atoms with Gasteiger partial charge >= 0.3 is 0 Å². The summed E-state index contributed by atoms with van der Waals surface area (Å²) in [6.07, 6.45) is 0.451. The molecule has 0 bridgehead atoms. The number of sulfonamides is 1. The van der Waals surface area contributed by atoms with E-state index in [2.05, 4.69) is 10.0 Å². The third-order valence-electron chi connectivity index (χ3n) is 3.85. The van der Waals surface area contributed by atoms with E-state index in [1.165, 1.54) is 30.5 Å². The molecule has 0 radical (unpaired) electrons. The summed E-state index contributed by atoms with van der Waals surface area (Å²) in [5, 5.41) is 12.5. The van der Waals surface area contributed by atoms with Gasteiger partial charge in [0.25, 0.3) is 15.9 Å². The lowest BCUT2D eigenvalue weighted by Gasteiger charge is -2.11. The zero-order chi connectivity index (χ0) is 20.1. The van der Waals surface area contributed by atoms with Crippen LogP contribution in [0.15, 0.2) is 76.2 Å². The number of furan rings is 1. The molecule has 146 valence electrons. The maximum absolute atomic E-state index is 12.9. The van der Waals surface area contributed by atoms with E-state index in [1.54, 1.807) is 12.1 Å². The van der Waals surface area contributed by atoms with Crippen LogP contribution in [0.25, 0.3) is 0 Å². The van der Waals surface area contributed by atoms with Crippen LogP contribution in [0.3, 0.4) is 0 Å². The smallest absolute Gasteiger partial charge is 0.261 e. The molecular formula is C19H17FN2O5S. The fraction of sp³-hybridized carbons (Fsp3) is 0.105. The number of carbonyl (C=O) groups excluding carboxylic acids is 1. The maximum Gasteiger partial charge on any atom is 0.261 e. The van der Waals surface area contributed by atoms with Crippen molar-refractivity contribution in [1.82, 2.24) is 5.32 Å². The molecule has 0 aliphatic carbocycles. The molecule has 9 heteroatoms. The molecule has 3 N–H and O–H groups in total. The van der Waals surface area contributed by atoms with Crippen LogP contribution in [0, 0.1) is 5.82 Å². The Morgan fingerprint density at radius 3 is 2.36 bits per heavy atom. The average Bonchev–Trinajstić information content (AvgIpc) is 3.21. The van der Waals surface area contributed by atoms with E-state index in [0.717, 1.165) is 24.3 Å². The molecule has 1 amide bonds. The van der Waals surface area contributed by atoms with Crippen LogP contribution in [0.2, 0.25) is 0 Å². The van der Waals surface area contributed by atoms with Crippen LogP contribution >= 0.6 is 0 Å². The Hall–Kier alpha value is -3.17. The lowest BCUT2D eigenvalue weighted by Crippen LogP contribution is -2.28. The number of hydrogen-bond acceptors (Lipinski definition) is 5. The Morgan fingerprint density at radius 2 is 1.75 bits per heavy atom. The minimum absolute atomic E-state index is 0.0364. The first-order chi connectivity index (χ1) is 13.3. The number of halogens is 1. The molecule has 0 saturated heterocycles. The van der Waals surface area contributed by atoms with Crippen LogP contribution < -0.4 is 10.0 Å². The van der Waals surface area contributed by atoms with Crippen molar-refractivity contribution in [1.29, 1.82) is 0 Å². The van der Waals surface area contributed by atoms with Gasteiger partial charge < -0.3 is 14.8 Å². The van der Waals surface area contributed by atoms with Gasteiger partial charge in [-0.15, -0.1) is 0 Å². The first-order valence-corrected chi connectivity index (χ1v) is 9.71. The van der Waals surface area contributed by atoms with Gasteiger partial charge in [-0.1, -0.05) is 0 Å². The molecule has 0 aliphatic rings. The Kier molecular flexibility index (Phi) is 5.76. The Morgan fingerprint density at radius 1 is 1.07 bits per heavy atom. The summed E-state index contributed by atoms with van der Waals surface area (Å²) in [4.78, 5) is 12.1. The first-order valence-electron chi connectivity index (χ1n) is 8.23. The fourth-order valence-corrected chi connectivity index (χ4v) is 3.45. The number of amides is 1. The van der Waals surface area contributed by atoms with Gasteiger partial charge in [-0.3, -0.25) is 9.52 Å². The number of aliphatic hydroxyl groups is 1. The topological polar surface area (TPSA) is 109 Å². The van der Waals surface area contributed by atoms with Gasteiger partial charge in [0, 0.05) is 11.3 Å². The van der Waals surface area contributed by atoms with Crippen molar-refractivity contribution in [2.75, 3.05) is 11.3 Å². The van der Waals surface area contributed by atoms with Gasteiger partial charge in [0.2, 0.25) is 0 Å². The van der Waals surface area contributed by atoms with E-state index in [4.69, 9.17) is 4.42 Å². The van der Waals surface area contributed by atoms with E-state index in [-0.39, 0.29) is 22.7 Å². The highest BCUT2D eigenvalue weighted by molar-refractivity contribution is 7.92. The number of carbonyl (C=O) groups is 1. The maximum atomic E-state index is 12.9. The SMILES string of the molecule is O=C(NCC(O)c1ccco1)c1ccc(NS(=O)(=O)c2ccc(F)cc2)cc1. The van der Waals surface area contributed by atoms with Crippen LogP contribution in [-0.2, 0) is 10.0 Å². The van der Waals surface area contributed by atoms with Crippen LogP contribution in [0.1, 0.15) is 22.2 Å². The van der Waals surface area contributed by atoms with Crippen LogP contribution in [-0.4, -0.2) is 26.0 Å². The summed E-state index contributed by atoms with van der Waals surface area (Å²) < 4.78 is 44.9. The molecule has 1 unspecified atom stereocenters. The highest BCUT2D eigenvalue weighted by Crippen LogP contribution is 2.17. The Balaban J connectivity index is 1.61. The molecule has 3 rings (SSSR count). The summed E-state index contributed by atoms with van der Waals surface area (Å²) in [5.74, 6) is -0.629. The quantitative estimate of drug-likeness (QED) is 0.561. The molecule has 2 aromatic carbocycles. The number of nitrogens with one attached hydrogen (secondary N) is 2. The van der Waals surface area contributed by atoms with Crippen molar-refractivity contribution >= 4 is 21.6 Å². The van der Waals surface area contributed by atoms with E-state index in [0.29, 0.717) is 5.76 Å². The molecule has 1 heterocycles. The van der Waals surface area contributed by atoms with Crippen molar-refractivity contribution in [3.05, 3.63) is 84.1 Å². The van der Waals surface area contributed by atoms with Crippen molar-refractivity contribution in [2.24, 2.45) is 0 Å². The second-order valence-corrected chi connectivity index (χ2v) is 7.56. The van der Waals surface area contributed by atoms with Crippen molar-refractivity contribution in [2.45, 2.75) is 11.0 Å². The Labute approximate surface area is 160 Å². The van der Waals surface area contributed by atoms with E-state index in [9.17, 15) is 22.7 Å². The van der Waals surface area contributed by atoms with Gasteiger partial charge in [-0.25, -0.2) is 12.8 Å². The Bertz CT molecular complexity index is 1030. The monoisotopic (exact) mass is 404 g/mol. The summed E-state index contributed by atoms with van der Waals surface area (Å²) in [6.45, 7) is -0.0364. The molecule has 0 spiro atoms. The normalized spacial score (nSPS) is 12.4. The lowest BCUT2D eigenvalue weighted by atomic mass is 10.2. The molecule has 7 nitrogen and oxygen atoms in total. The highest BCUT2D eigenvalue weighted by atomic mass is 32.2. The standard InChI is InChI=1S/C19H17FN2O5S/c20-14-5-9-16(10-6-14)28(25,26)22-15-7-3-13(4-8-15)19(24)21-12-17(23)18-2-1-11-27-18/h1-11,17,22-23H,12H2,(H,21,24). The van der Waals surface area contributed by atoms with E-state index in [1.807, 2.05) is 0 Å². The predicted molar refractivity (Wildman–Crippen MR) is 99.7 cm³/mol. The van der Waals surface area contributed by atoms with Gasteiger partial charge in [-0.2, -0.15) is 0 Å². The average molecular weight is 404 g/mol. The molecular weight excluding hydrogens is 387 g/mol. The molecule has 28 heavy (non-hydrogen) atoms. The van der Waals surface area contributed by atoms with E-state index < -0.39 is 27.9 Å². The fourth-order valence-electron chi connectivity index (χ4n) is 2.39. The third-order valence-corrected chi connectivity index (χ3v) is 5.25. The molecule has 1 aromatic heterocycles.